The molecule has 0 unspecified atom stereocenters. The molecule has 4 heteroatoms. The molecule has 0 heterocycles. The maximum absolute atomic E-state index is 12.1. The fourth-order valence-corrected chi connectivity index (χ4v) is 2.26. The first-order valence-electron chi connectivity index (χ1n) is 5.99. The molecule has 0 saturated heterocycles. The molecule has 1 aliphatic carbocycles. The molecule has 1 aromatic carbocycles. The summed E-state index contributed by atoms with van der Waals surface area (Å²) in [7, 11) is 1.70. The summed E-state index contributed by atoms with van der Waals surface area (Å²) >= 11 is 0. The quantitative estimate of drug-likeness (QED) is 0.888. The van der Waals surface area contributed by atoms with Crippen molar-refractivity contribution < 1.29 is 14.7 Å². The van der Waals surface area contributed by atoms with Gasteiger partial charge in [0.1, 0.15) is 0 Å². The standard InChI is InChI=1S/C14H17NO3/c1-8-4-9(2)6-10(5-8)15(3)13(16)11-7-12(11)14(17)18/h4-6,11-12H,7H2,1-3H3,(H,17,18)/t11-,12+/m1/s1. The summed E-state index contributed by atoms with van der Waals surface area (Å²) in [5, 5.41) is 8.84. The van der Waals surface area contributed by atoms with E-state index in [9.17, 15) is 9.59 Å². The van der Waals surface area contributed by atoms with Crippen molar-refractivity contribution in [3.63, 3.8) is 0 Å². The van der Waals surface area contributed by atoms with Crippen LogP contribution in [0.4, 0.5) is 5.69 Å². The third-order valence-corrected chi connectivity index (χ3v) is 3.35. The number of nitrogens with zero attached hydrogens (tertiary/aromatic N) is 1. The highest BCUT2D eigenvalue weighted by atomic mass is 16.4. The van der Waals surface area contributed by atoms with Crippen LogP contribution in [0.15, 0.2) is 18.2 Å². The Balaban J connectivity index is 2.14. The van der Waals surface area contributed by atoms with Crippen LogP contribution < -0.4 is 4.90 Å². The van der Waals surface area contributed by atoms with E-state index in [-0.39, 0.29) is 11.8 Å². The van der Waals surface area contributed by atoms with E-state index in [2.05, 4.69) is 0 Å². The van der Waals surface area contributed by atoms with Gasteiger partial charge in [0, 0.05) is 12.7 Å². The van der Waals surface area contributed by atoms with Gasteiger partial charge in [0.25, 0.3) is 0 Å². The number of aryl methyl sites for hydroxylation is 2. The lowest BCUT2D eigenvalue weighted by Gasteiger charge is -2.18. The van der Waals surface area contributed by atoms with E-state index in [0.29, 0.717) is 6.42 Å². The summed E-state index contributed by atoms with van der Waals surface area (Å²) in [6.07, 6.45) is 0.462. The van der Waals surface area contributed by atoms with E-state index in [4.69, 9.17) is 5.11 Å². The van der Waals surface area contributed by atoms with Crippen LogP contribution in [0.3, 0.4) is 0 Å². The highest BCUT2D eigenvalue weighted by Crippen LogP contribution is 2.40. The van der Waals surface area contributed by atoms with E-state index in [0.717, 1.165) is 16.8 Å². The Morgan fingerprint density at radius 3 is 2.17 bits per heavy atom. The maximum Gasteiger partial charge on any atom is 0.307 e. The van der Waals surface area contributed by atoms with Gasteiger partial charge >= 0.3 is 5.97 Å². The number of aliphatic carboxylic acids is 1. The minimum Gasteiger partial charge on any atom is -0.481 e. The molecule has 1 N–H and O–H groups in total. The topological polar surface area (TPSA) is 57.6 Å². The Bertz CT molecular complexity index is 490. The first-order valence-corrected chi connectivity index (χ1v) is 5.99. The van der Waals surface area contributed by atoms with Gasteiger partial charge in [-0.3, -0.25) is 9.59 Å². The smallest absolute Gasteiger partial charge is 0.307 e. The third kappa shape index (κ3) is 2.37. The first-order chi connectivity index (χ1) is 8.40. The van der Waals surface area contributed by atoms with E-state index in [1.165, 1.54) is 0 Å². The van der Waals surface area contributed by atoms with Gasteiger partial charge in [-0.1, -0.05) is 6.07 Å². The lowest BCUT2D eigenvalue weighted by atomic mass is 10.1. The molecule has 1 aromatic rings. The predicted molar refractivity (Wildman–Crippen MR) is 68.6 cm³/mol. The van der Waals surface area contributed by atoms with Crippen molar-refractivity contribution in [1.29, 1.82) is 0 Å². The van der Waals surface area contributed by atoms with Gasteiger partial charge in [0.2, 0.25) is 5.91 Å². The van der Waals surface area contributed by atoms with E-state index in [1.807, 2.05) is 32.0 Å². The number of benzene rings is 1. The number of carboxylic acids is 1. The highest BCUT2D eigenvalue weighted by Gasteiger charge is 2.49. The van der Waals surface area contributed by atoms with Gasteiger partial charge in [-0.2, -0.15) is 0 Å². The van der Waals surface area contributed by atoms with Crippen LogP contribution in [0.5, 0.6) is 0 Å². The van der Waals surface area contributed by atoms with E-state index >= 15 is 0 Å². The van der Waals surface area contributed by atoms with Crippen LogP contribution >= 0.6 is 0 Å². The number of carbonyl (C=O) groups excluding carboxylic acids is 1. The van der Waals surface area contributed by atoms with Gasteiger partial charge in [-0.15, -0.1) is 0 Å². The second-order valence-corrected chi connectivity index (χ2v) is 5.03. The second-order valence-electron chi connectivity index (χ2n) is 5.03. The maximum atomic E-state index is 12.1. The van der Waals surface area contributed by atoms with Crippen molar-refractivity contribution in [2.24, 2.45) is 11.8 Å². The molecule has 4 nitrogen and oxygen atoms in total. The molecule has 0 bridgehead atoms. The molecular formula is C14H17NO3. The first kappa shape index (κ1) is 12.6. The Hall–Kier alpha value is -1.84. The van der Waals surface area contributed by atoms with Crippen LogP contribution in [0, 0.1) is 25.7 Å². The number of carbonyl (C=O) groups is 2. The predicted octanol–water partition coefficient (Wildman–Crippen LogP) is 1.99. The second kappa shape index (κ2) is 4.44. The van der Waals surface area contributed by atoms with E-state index in [1.54, 1.807) is 11.9 Å². The average molecular weight is 247 g/mol. The van der Waals surface area contributed by atoms with Crippen LogP contribution in [0.2, 0.25) is 0 Å². The molecule has 2 atom stereocenters. The number of carboxylic acid groups (broad SMARTS) is 1. The fraction of sp³-hybridized carbons (Fsp3) is 0.429. The van der Waals surface area contributed by atoms with Crippen LogP contribution in [0.1, 0.15) is 17.5 Å². The lowest BCUT2D eigenvalue weighted by Crippen LogP contribution is -2.29. The summed E-state index contributed by atoms with van der Waals surface area (Å²) in [4.78, 5) is 24.4. The van der Waals surface area contributed by atoms with Gasteiger partial charge in [0.05, 0.1) is 11.8 Å². The fourth-order valence-electron chi connectivity index (χ4n) is 2.26. The molecule has 2 rings (SSSR count). The number of hydrogen-bond acceptors (Lipinski definition) is 2. The Kier molecular flexibility index (Phi) is 3.11. The third-order valence-electron chi connectivity index (χ3n) is 3.35. The van der Waals surface area contributed by atoms with Crippen molar-refractivity contribution in [2.75, 3.05) is 11.9 Å². The zero-order valence-electron chi connectivity index (χ0n) is 10.8. The largest absolute Gasteiger partial charge is 0.481 e. The molecular weight excluding hydrogens is 230 g/mol. The molecule has 0 aromatic heterocycles. The number of anilines is 1. The van der Waals surface area contributed by atoms with Gasteiger partial charge < -0.3 is 10.0 Å². The Morgan fingerprint density at radius 2 is 1.72 bits per heavy atom. The lowest BCUT2D eigenvalue weighted by molar-refractivity contribution is -0.139. The zero-order valence-corrected chi connectivity index (χ0v) is 10.8. The van der Waals surface area contributed by atoms with Crippen LogP contribution in [0.25, 0.3) is 0 Å². The molecule has 18 heavy (non-hydrogen) atoms. The average Bonchev–Trinajstić information content (AvgIpc) is 3.05. The molecule has 1 saturated carbocycles. The normalized spacial score (nSPS) is 21.5. The number of rotatable bonds is 3. The SMILES string of the molecule is Cc1cc(C)cc(N(C)C(=O)[C@@H]2C[C@@H]2C(=O)O)c1. The van der Waals surface area contributed by atoms with Gasteiger partial charge in [0.15, 0.2) is 0 Å². The summed E-state index contributed by atoms with van der Waals surface area (Å²) in [6.45, 7) is 3.96. The van der Waals surface area contributed by atoms with Crippen LogP contribution in [-0.4, -0.2) is 24.0 Å². The molecule has 96 valence electrons. The van der Waals surface area contributed by atoms with Gasteiger partial charge in [-0.25, -0.2) is 0 Å². The number of hydrogen-bond donors (Lipinski definition) is 1. The summed E-state index contributed by atoms with van der Waals surface area (Å²) < 4.78 is 0. The number of amides is 1. The van der Waals surface area contributed by atoms with E-state index < -0.39 is 11.9 Å². The Morgan fingerprint density at radius 1 is 1.17 bits per heavy atom. The monoisotopic (exact) mass is 247 g/mol. The summed E-state index contributed by atoms with van der Waals surface area (Å²) in [5.41, 5.74) is 3.01. The summed E-state index contributed by atoms with van der Waals surface area (Å²) in [6, 6.07) is 5.91. The molecule has 0 radical (unpaired) electrons. The molecule has 0 aliphatic heterocycles. The van der Waals surface area contributed by atoms with Crippen molar-refractivity contribution in [1.82, 2.24) is 0 Å². The molecule has 1 fully saturated rings. The van der Waals surface area contributed by atoms with Gasteiger partial charge in [-0.05, 0) is 43.5 Å². The minimum absolute atomic E-state index is 0.104. The van der Waals surface area contributed by atoms with Crippen molar-refractivity contribution in [2.45, 2.75) is 20.3 Å². The van der Waals surface area contributed by atoms with Crippen molar-refractivity contribution >= 4 is 17.6 Å². The summed E-state index contributed by atoms with van der Waals surface area (Å²) in [5.74, 6) is -1.83. The zero-order chi connectivity index (χ0) is 13.4. The molecule has 0 spiro atoms. The highest BCUT2D eigenvalue weighted by molar-refractivity contribution is 5.99. The minimum atomic E-state index is -0.873. The van der Waals surface area contributed by atoms with Crippen molar-refractivity contribution in [3.05, 3.63) is 29.3 Å². The Labute approximate surface area is 106 Å². The van der Waals surface area contributed by atoms with Crippen molar-refractivity contribution in [3.8, 4) is 0 Å². The molecule has 1 aliphatic rings. The molecule has 1 amide bonds. The van der Waals surface area contributed by atoms with Crippen LogP contribution in [-0.2, 0) is 9.59 Å².